The molecule has 2 rings (SSSR count). The van der Waals surface area contributed by atoms with Crippen LogP contribution in [0.1, 0.15) is 5.56 Å². The summed E-state index contributed by atoms with van der Waals surface area (Å²) in [6.45, 7) is 3.46. The molecule has 6 heteroatoms. The van der Waals surface area contributed by atoms with Gasteiger partial charge in [0.2, 0.25) is 0 Å². The monoisotopic (exact) mass is 300 g/mol. The number of nitrogens with zero attached hydrogens (tertiary/aromatic N) is 1. The van der Waals surface area contributed by atoms with Crippen LogP contribution >= 0.6 is 11.6 Å². The lowest BCUT2D eigenvalue weighted by atomic mass is 10.2. The maximum atomic E-state index is 12.0. The first-order chi connectivity index (χ1) is 9.05. The molecular formula is C13H17ClN2O2S. The number of nitrogens with one attached hydrogen (secondary N) is 1. The van der Waals surface area contributed by atoms with Gasteiger partial charge in [0.1, 0.15) is 0 Å². The van der Waals surface area contributed by atoms with E-state index in [-0.39, 0.29) is 5.75 Å². The van der Waals surface area contributed by atoms with Crippen molar-refractivity contribution in [2.24, 2.45) is 0 Å². The first-order valence-electron chi connectivity index (χ1n) is 6.15. The van der Waals surface area contributed by atoms with Gasteiger partial charge in [-0.1, -0.05) is 23.7 Å². The van der Waals surface area contributed by atoms with Crippen LogP contribution in [0, 0.1) is 0 Å². The number of piperazine rings is 1. The Balaban J connectivity index is 1.97. The molecule has 1 heterocycles. The lowest BCUT2D eigenvalue weighted by Gasteiger charge is -2.25. The summed E-state index contributed by atoms with van der Waals surface area (Å²) in [4.78, 5) is 2.01. The predicted molar refractivity (Wildman–Crippen MR) is 77.7 cm³/mol. The van der Waals surface area contributed by atoms with Crippen LogP contribution in [0.2, 0.25) is 5.02 Å². The van der Waals surface area contributed by atoms with Gasteiger partial charge < -0.3 is 10.2 Å². The largest absolute Gasteiger partial charge is 0.374 e. The van der Waals surface area contributed by atoms with Gasteiger partial charge in [-0.2, -0.15) is 0 Å². The minimum absolute atomic E-state index is 0.00671. The lowest BCUT2D eigenvalue weighted by molar-refractivity contribution is 0.324. The highest BCUT2D eigenvalue weighted by molar-refractivity contribution is 7.93. The normalized spacial score (nSPS) is 17.0. The molecule has 1 aliphatic heterocycles. The summed E-state index contributed by atoms with van der Waals surface area (Å²) in [5.74, 6) is 0.00671. The van der Waals surface area contributed by atoms with E-state index in [9.17, 15) is 8.42 Å². The summed E-state index contributed by atoms with van der Waals surface area (Å²) in [5, 5.41) is 5.13. The first kappa shape index (κ1) is 14.4. The minimum Gasteiger partial charge on any atom is -0.374 e. The van der Waals surface area contributed by atoms with Gasteiger partial charge in [-0.25, -0.2) is 8.42 Å². The van der Waals surface area contributed by atoms with Gasteiger partial charge >= 0.3 is 0 Å². The zero-order chi connectivity index (χ0) is 13.7. The van der Waals surface area contributed by atoms with Gasteiger partial charge in [-0.15, -0.1) is 0 Å². The van der Waals surface area contributed by atoms with Crippen molar-refractivity contribution in [1.82, 2.24) is 10.2 Å². The van der Waals surface area contributed by atoms with E-state index in [2.05, 4.69) is 5.32 Å². The molecule has 0 bridgehead atoms. The molecule has 0 saturated carbocycles. The molecule has 104 valence electrons. The molecule has 0 spiro atoms. The molecule has 1 aromatic rings. The van der Waals surface area contributed by atoms with Crippen LogP contribution in [-0.4, -0.2) is 39.5 Å². The number of sulfone groups is 1. The molecular weight excluding hydrogens is 284 g/mol. The predicted octanol–water partition coefficient (Wildman–Crippen LogP) is 1.63. The van der Waals surface area contributed by atoms with Gasteiger partial charge in [0.15, 0.2) is 9.84 Å². The van der Waals surface area contributed by atoms with Crippen molar-refractivity contribution in [3.8, 4) is 0 Å². The van der Waals surface area contributed by atoms with Crippen LogP contribution in [0.4, 0.5) is 0 Å². The lowest BCUT2D eigenvalue weighted by Crippen LogP contribution is -2.40. The van der Waals surface area contributed by atoms with Gasteiger partial charge in [0, 0.05) is 42.8 Å². The first-order valence-corrected chi connectivity index (χ1v) is 8.25. The standard InChI is InChI=1S/C13H17ClN2O2S/c14-13-3-1-12(2-4-13)11-19(17,18)10-9-16-7-5-15-6-8-16/h1-4,9-10,15H,5-8,11H2. The van der Waals surface area contributed by atoms with E-state index in [0.29, 0.717) is 5.02 Å². The third-order valence-electron chi connectivity index (χ3n) is 2.91. The van der Waals surface area contributed by atoms with Gasteiger partial charge in [-0.05, 0) is 17.7 Å². The van der Waals surface area contributed by atoms with Crippen molar-refractivity contribution in [1.29, 1.82) is 0 Å². The Morgan fingerprint density at radius 1 is 1.21 bits per heavy atom. The summed E-state index contributed by atoms with van der Waals surface area (Å²) in [6, 6.07) is 6.87. The molecule has 0 radical (unpaired) electrons. The number of halogens is 1. The van der Waals surface area contributed by atoms with Gasteiger partial charge in [0.05, 0.1) is 5.75 Å². The van der Waals surface area contributed by atoms with Crippen LogP contribution in [0.15, 0.2) is 35.9 Å². The molecule has 0 aliphatic carbocycles. The minimum atomic E-state index is -3.23. The molecule has 4 nitrogen and oxygen atoms in total. The number of benzene rings is 1. The maximum Gasteiger partial charge on any atom is 0.177 e. The fourth-order valence-electron chi connectivity index (χ4n) is 1.87. The van der Waals surface area contributed by atoms with E-state index in [1.165, 1.54) is 5.41 Å². The summed E-state index contributed by atoms with van der Waals surface area (Å²) in [5.41, 5.74) is 0.745. The van der Waals surface area contributed by atoms with Crippen molar-refractivity contribution in [3.05, 3.63) is 46.5 Å². The average Bonchev–Trinajstić information content (AvgIpc) is 2.40. The van der Waals surface area contributed by atoms with Crippen LogP contribution in [0.5, 0.6) is 0 Å². The van der Waals surface area contributed by atoms with Crippen molar-refractivity contribution in [2.75, 3.05) is 26.2 Å². The second kappa shape index (κ2) is 6.41. The maximum absolute atomic E-state index is 12.0. The van der Waals surface area contributed by atoms with Crippen molar-refractivity contribution >= 4 is 21.4 Å². The smallest absolute Gasteiger partial charge is 0.177 e. The Bertz CT molecular complexity index is 534. The van der Waals surface area contributed by atoms with Crippen LogP contribution in [-0.2, 0) is 15.6 Å². The quantitative estimate of drug-likeness (QED) is 0.918. The number of hydrogen-bond acceptors (Lipinski definition) is 4. The van der Waals surface area contributed by atoms with Crippen molar-refractivity contribution in [2.45, 2.75) is 5.75 Å². The highest BCUT2D eigenvalue weighted by Gasteiger charge is 2.10. The van der Waals surface area contributed by atoms with E-state index in [1.807, 2.05) is 4.90 Å². The van der Waals surface area contributed by atoms with E-state index in [0.717, 1.165) is 31.7 Å². The molecule has 1 fully saturated rings. The Labute approximate surface area is 119 Å². The molecule has 0 unspecified atom stereocenters. The molecule has 1 N–H and O–H groups in total. The fraction of sp³-hybridized carbons (Fsp3) is 0.385. The fourth-order valence-corrected chi connectivity index (χ4v) is 3.11. The summed E-state index contributed by atoms with van der Waals surface area (Å²) < 4.78 is 23.9. The van der Waals surface area contributed by atoms with Crippen LogP contribution in [0.3, 0.4) is 0 Å². The third-order valence-corrected chi connectivity index (χ3v) is 4.44. The SMILES string of the molecule is O=S(=O)(C=CN1CCNCC1)Cc1ccc(Cl)cc1. The van der Waals surface area contributed by atoms with Gasteiger partial charge in [0.25, 0.3) is 0 Å². The highest BCUT2D eigenvalue weighted by atomic mass is 35.5. The molecule has 1 aromatic carbocycles. The van der Waals surface area contributed by atoms with Crippen molar-refractivity contribution in [3.63, 3.8) is 0 Å². The van der Waals surface area contributed by atoms with E-state index in [4.69, 9.17) is 11.6 Å². The third kappa shape index (κ3) is 4.86. The Kier molecular flexibility index (Phi) is 4.85. The Morgan fingerprint density at radius 2 is 1.84 bits per heavy atom. The molecule has 0 aromatic heterocycles. The van der Waals surface area contributed by atoms with Crippen molar-refractivity contribution < 1.29 is 8.42 Å². The van der Waals surface area contributed by atoms with Gasteiger partial charge in [-0.3, -0.25) is 0 Å². The number of hydrogen-bond donors (Lipinski definition) is 1. The number of rotatable bonds is 4. The molecule has 1 saturated heterocycles. The second-order valence-corrected chi connectivity index (χ2v) is 6.83. The molecule has 1 aliphatic rings. The van der Waals surface area contributed by atoms with E-state index >= 15 is 0 Å². The molecule has 0 atom stereocenters. The van der Waals surface area contributed by atoms with E-state index in [1.54, 1.807) is 30.5 Å². The average molecular weight is 301 g/mol. The van der Waals surface area contributed by atoms with Crippen LogP contribution < -0.4 is 5.32 Å². The molecule has 0 amide bonds. The molecule has 19 heavy (non-hydrogen) atoms. The second-order valence-electron chi connectivity index (χ2n) is 4.50. The summed E-state index contributed by atoms with van der Waals surface area (Å²) in [6.07, 6.45) is 1.67. The Hall–Kier alpha value is -1.04. The zero-order valence-electron chi connectivity index (χ0n) is 10.5. The summed E-state index contributed by atoms with van der Waals surface area (Å²) >= 11 is 5.77. The Morgan fingerprint density at radius 3 is 2.47 bits per heavy atom. The van der Waals surface area contributed by atoms with E-state index < -0.39 is 9.84 Å². The zero-order valence-corrected chi connectivity index (χ0v) is 12.1. The van der Waals surface area contributed by atoms with Crippen LogP contribution in [0.25, 0.3) is 0 Å². The summed E-state index contributed by atoms with van der Waals surface area (Å²) in [7, 11) is -3.23. The highest BCUT2D eigenvalue weighted by Crippen LogP contribution is 2.13. The topological polar surface area (TPSA) is 49.4 Å².